The number of aromatic nitrogens is 2. The van der Waals surface area contributed by atoms with E-state index >= 15 is 0 Å². The smallest absolute Gasteiger partial charge is 0.137 e. The van der Waals surface area contributed by atoms with E-state index in [0.29, 0.717) is 11.8 Å². The largest absolute Gasteiger partial charge is 0.495 e. The second-order valence-corrected chi connectivity index (χ2v) is 8.40. The Balaban J connectivity index is 1.92. The monoisotopic (exact) mass is 402 g/mol. The SMILES string of the molecule is COc1cncc(-c2ccc(C(c3ncc(Br)s3)C(C)C)cc2)c1. The van der Waals surface area contributed by atoms with Crippen molar-refractivity contribution < 1.29 is 4.74 Å². The van der Waals surface area contributed by atoms with E-state index in [1.54, 1.807) is 24.6 Å². The topological polar surface area (TPSA) is 35.0 Å². The van der Waals surface area contributed by atoms with E-state index in [-0.39, 0.29) is 0 Å². The lowest BCUT2D eigenvalue weighted by molar-refractivity contribution is 0.413. The van der Waals surface area contributed by atoms with Gasteiger partial charge in [-0.05, 0) is 39.0 Å². The van der Waals surface area contributed by atoms with Gasteiger partial charge < -0.3 is 4.74 Å². The molecule has 2 aromatic heterocycles. The van der Waals surface area contributed by atoms with E-state index in [1.807, 2.05) is 18.5 Å². The van der Waals surface area contributed by atoms with E-state index in [0.717, 1.165) is 25.7 Å². The van der Waals surface area contributed by atoms with Crippen molar-refractivity contribution in [2.75, 3.05) is 7.11 Å². The molecule has 0 fully saturated rings. The molecule has 0 aliphatic heterocycles. The number of nitrogens with zero attached hydrogens (tertiary/aromatic N) is 2. The maximum Gasteiger partial charge on any atom is 0.137 e. The van der Waals surface area contributed by atoms with Crippen LogP contribution in [0.3, 0.4) is 0 Å². The Morgan fingerprint density at radius 2 is 1.79 bits per heavy atom. The van der Waals surface area contributed by atoms with Gasteiger partial charge in [0.25, 0.3) is 0 Å². The summed E-state index contributed by atoms with van der Waals surface area (Å²) in [5.74, 6) is 1.55. The first-order valence-corrected chi connectivity index (χ1v) is 9.40. The maximum atomic E-state index is 5.26. The normalized spacial score (nSPS) is 12.4. The summed E-state index contributed by atoms with van der Waals surface area (Å²) in [6.45, 7) is 4.47. The van der Waals surface area contributed by atoms with Crippen LogP contribution < -0.4 is 4.74 Å². The number of pyridine rings is 1. The average Bonchev–Trinajstić information content (AvgIpc) is 3.01. The van der Waals surface area contributed by atoms with Gasteiger partial charge in [0.1, 0.15) is 10.8 Å². The Morgan fingerprint density at radius 3 is 2.38 bits per heavy atom. The summed E-state index contributed by atoms with van der Waals surface area (Å²) >= 11 is 5.22. The molecule has 0 saturated heterocycles. The third-order valence-corrected chi connectivity index (χ3v) is 5.54. The predicted octanol–water partition coefficient (Wildman–Crippen LogP) is 5.76. The van der Waals surface area contributed by atoms with Gasteiger partial charge in [-0.2, -0.15) is 0 Å². The fourth-order valence-electron chi connectivity index (χ4n) is 2.79. The minimum absolute atomic E-state index is 0.304. The molecule has 1 unspecified atom stereocenters. The first-order chi connectivity index (χ1) is 11.6. The van der Waals surface area contributed by atoms with E-state index in [2.05, 4.69) is 64.0 Å². The van der Waals surface area contributed by atoms with Crippen LogP contribution in [0.5, 0.6) is 5.75 Å². The lowest BCUT2D eigenvalue weighted by Crippen LogP contribution is -2.08. The number of methoxy groups -OCH3 is 1. The molecule has 0 N–H and O–H groups in total. The number of hydrogen-bond acceptors (Lipinski definition) is 4. The van der Waals surface area contributed by atoms with Gasteiger partial charge in [-0.25, -0.2) is 4.98 Å². The molecule has 3 aromatic rings. The molecule has 0 aliphatic carbocycles. The third kappa shape index (κ3) is 3.68. The van der Waals surface area contributed by atoms with Gasteiger partial charge in [-0.1, -0.05) is 38.1 Å². The van der Waals surface area contributed by atoms with Gasteiger partial charge in [0.05, 0.1) is 23.3 Å². The highest BCUT2D eigenvalue weighted by Crippen LogP contribution is 2.36. The molecule has 3 nitrogen and oxygen atoms in total. The van der Waals surface area contributed by atoms with Crippen LogP contribution in [0.1, 0.15) is 30.3 Å². The summed E-state index contributed by atoms with van der Waals surface area (Å²) in [7, 11) is 1.66. The standard InChI is InChI=1S/C19H19BrN2OS/c1-12(2)18(19-22-11-17(20)24-19)14-6-4-13(5-7-14)15-8-16(23-3)10-21-9-15/h4-12,18H,1-3H3. The molecule has 0 bridgehead atoms. The van der Waals surface area contributed by atoms with Crippen molar-refractivity contribution in [3.05, 3.63) is 63.3 Å². The highest BCUT2D eigenvalue weighted by atomic mass is 79.9. The fourth-order valence-corrected chi connectivity index (χ4v) is 4.34. The van der Waals surface area contributed by atoms with Crippen molar-refractivity contribution in [1.29, 1.82) is 0 Å². The molecule has 0 saturated carbocycles. The van der Waals surface area contributed by atoms with Crippen molar-refractivity contribution in [2.24, 2.45) is 5.92 Å². The van der Waals surface area contributed by atoms with Crippen LogP contribution in [-0.4, -0.2) is 17.1 Å². The van der Waals surface area contributed by atoms with Gasteiger partial charge in [0.2, 0.25) is 0 Å². The summed E-state index contributed by atoms with van der Waals surface area (Å²) in [5.41, 5.74) is 3.47. The number of halogens is 1. The molecule has 0 amide bonds. The van der Waals surface area contributed by atoms with Crippen LogP contribution in [-0.2, 0) is 0 Å². The molecule has 2 heterocycles. The number of ether oxygens (including phenoxy) is 1. The van der Waals surface area contributed by atoms with Gasteiger partial charge in [-0.3, -0.25) is 4.98 Å². The van der Waals surface area contributed by atoms with Gasteiger partial charge in [0, 0.05) is 17.7 Å². The van der Waals surface area contributed by atoms with E-state index in [4.69, 9.17) is 4.74 Å². The molecular weight excluding hydrogens is 384 g/mol. The molecule has 0 aliphatic rings. The highest BCUT2D eigenvalue weighted by Gasteiger charge is 2.21. The number of hydrogen-bond donors (Lipinski definition) is 0. The molecule has 5 heteroatoms. The fraction of sp³-hybridized carbons (Fsp3) is 0.263. The van der Waals surface area contributed by atoms with Gasteiger partial charge in [-0.15, -0.1) is 11.3 Å². The number of thiazole rings is 1. The number of benzene rings is 1. The zero-order valence-electron chi connectivity index (χ0n) is 13.9. The summed E-state index contributed by atoms with van der Waals surface area (Å²) in [6, 6.07) is 10.7. The Bertz CT molecular complexity index is 814. The zero-order chi connectivity index (χ0) is 17.1. The molecule has 0 radical (unpaired) electrons. The Labute approximate surface area is 154 Å². The molecule has 1 atom stereocenters. The number of rotatable bonds is 5. The second-order valence-electron chi connectivity index (χ2n) is 5.96. The highest BCUT2D eigenvalue weighted by molar-refractivity contribution is 9.11. The first kappa shape index (κ1) is 17.1. The molecule has 1 aromatic carbocycles. The first-order valence-electron chi connectivity index (χ1n) is 7.79. The van der Waals surface area contributed by atoms with E-state index in [9.17, 15) is 0 Å². The third-order valence-electron chi connectivity index (χ3n) is 3.98. The molecule has 24 heavy (non-hydrogen) atoms. The average molecular weight is 403 g/mol. The van der Waals surface area contributed by atoms with Gasteiger partial charge in [0.15, 0.2) is 0 Å². The van der Waals surface area contributed by atoms with E-state index < -0.39 is 0 Å². The lowest BCUT2D eigenvalue weighted by atomic mass is 9.88. The predicted molar refractivity (Wildman–Crippen MR) is 103 cm³/mol. The van der Waals surface area contributed by atoms with Crippen molar-refractivity contribution in [3.63, 3.8) is 0 Å². The summed E-state index contributed by atoms with van der Waals surface area (Å²) in [4.78, 5) is 8.79. The molecule has 124 valence electrons. The van der Waals surface area contributed by atoms with Crippen molar-refractivity contribution >= 4 is 27.3 Å². The quantitative estimate of drug-likeness (QED) is 0.543. The molecule has 3 rings (SSSR count). The second kappa shape index (κ2) is 7.45. The van der Waals surface area contributed by atoms with Crippen LogP contribution in [0.25, 0.3) is 11.1 Å². The van der Waals surface area contributed by atoms with Gasteiger partial charge >= 0.3 is 0 Å². The Kier molecular flexibility index (Phi) is 5.31. The summed E-state index contributed by atoms with van der Waals surface area (Å²) in [5, 5.41) is 1.15. The van der Waals surface area contributed by atoms with Crippen molar-refractivity contribution in [1.82, 2.24) is 9.97 Å². The minimum Gasteiger partial charge on any atom is -0.495 e. The van der Waals surface area contributed by atoms with Crippen LogP contribution in [0.15, 0.2) is 52.7 Å². The summed E-state index contributed by atoms with van der Waals surface area (Å²) in [6.07, 6.45) is 5.45. The van der Waals surface area contributed by atoms with Crippen LogP contribution in [0, 0.1) is 5.92 Å². The minimum atomic E-state index is 0.304. The van der Waals surface area contributed by atoms with Crippen molar-refractivity contribution in [2.45, 2.75) is 19.8 Å². The summed E-state index contributed by atoms with van der Waals surface area (Å²) < 4.78 is 6.33. The molecular formula is C19H19BrN2OS. The van der Waals surface area contributed by atoms with Crippen LogP contribution in [0.2, 0.25) is 0 Å². The van der Waals surface area contributed by atoms with Crippen molar-refractivity contribution in [3.8, 4) is 16.9 Å². The van der Waals surface area contributed by atoms with Crippen LogP contribution >= 0.6 is 27.3 Å². The van der Waals surface area contributed by atoms with Crippen LogP contribution in [0.4, 0.5) is 0 Å². The lowest BCUT2D eigenvalue weighted by Gasteiger charge is -2.19. The Hall–Kier alpha value is -1.72. The maximum absolute atomic E-state index is 5.26. The van der Waals surface area contributed by atoms with E-state index in [1.165, 1.54) is 5.56 Å². The molecule has 0 spiro atoms. The Morgan fingerprint density at radius 1 is 1.04 bits per heavy atom. The zero-order valence-corrected chi connectivity index (χ0v) is 16.3.